The number of carboxylic acids is 2. The molecule has 2 aliphatic rings. The van der Waals surface area contributed by atoms with Crippen molar-refractivity contribution < 1.29 is 33.0 Å². The number of hydrogen-bond acceptors (Lipinski definition) is 6. The summed E-state index contributed by atoms with van der Waals surface area (Å²) in [5.74, 6) is -2.16. The minimum atomic E-state index is -1.69. The topological polar surface area (TPSA) is 150 Å². The lowest BCUT2D eigenvalue weighted by Gasteiger charge is -2.22. The molecular formula is C30H35NO7S2. The average molecular weight is 586 g/mol. The van der Waals surface area contributed by atoms with Crippen LogP contribution in [0.1, 0.15) is 77.3 Å². The Morgan fingerprint density at radius 1 is 0.750 bits per heavy atom. The minimum Gasteiger partial charge on any atom is -0.481 e. The number of benzene rings is 1. The van der Waals surface area contributed by atoms with Crippen LogP contribution in [0.3, 0.4) is 0 Å². The number of hydrogen-bond donors (Lipinski definition) is 3. The minimum absolute atomic E-state index is 0.147. The number of allylic oxidation sites excluding steroid dienone is 6. The summed E-state index contributed by atoms with van der Waals surface area (Å²) in [7, 11) is -3.32. The van der Waals surface area contributed by atoms with Crippen LogP contribution in [-0.4, -0.2) is 42.1 Å². The summed E-state index contributed by atoms with van der Waals surface area (Å²) >= 11 is 0. The van der Waals surface area contributed by atoms with Gasteiger partial charge in [0.15, 0.2) is 5.78 Å². The molecule has 0 spiro atoms. The van der Waals surface area contributed by atoms with Gasteiger partial charge >= 0.3 is 11.9 Å². The lowest BCUT2D eigenvalue weighted by Crippen LogP contribution is -2.23. The highest BCUT2D eigenvalue weighted by Crippen LogP contribution is 2.38. The van der Waals surface area contributed by atoms with Gasteiger partial charge in [-0.3, -0.25) is 14.4 Å². The predicted molar refractivity (Wildman–Crippen MR) is 158 cm³/mol. The van der Waals surface area contributed by atoms with Crippen molar-refractivity contribution in [2.75, 3.05) is 0 Å². The first-order valence-electron chi connectivity index (χ1n) is 13.0. The maximum atomic E-state index is 13.6. The average Bonchev–Trinajstić information content (AvgIpc) is 2.87. The molecule has 40 heavy (non-hydrogen) atoms. The fourth-order valence-electron chi connectivity index (χ4n) is 4.40. The molecule has 0 bridgehead atoms. The van der Waals surface area contributed by atoms with E-state index in [4.69, 9.17) is 5.41 Å². The molecule has 2 aliphatic heterocycles. The van der Waals surface area contributed by atoms with E-state index in [9.17, 15) is 33.0 Å². The van der Waals surface area contributed by atoms with Gasteiger partial charge in [-0.05, 0) is 95.6 Å². The fraction of sp³-hybridized carbons (Fsp3) is 0.400. The quantitative estimate of drug-likeness (QED) is 0.280. The van der Waals surface area contributed by atoms with E-state index in [-0.39, 0.29) is 16.4 Å². The Bertz CT molecular complexity index is 1320. The van der Waals surface area contributed by atoms with Crippen LogP contribution in [0.4, 0.5) is 0 Å². The molecule has 8 nitrogen and oxygen atoms in total. The molecule has 0 amide bonds. The van der Waals surface area contributed by atoms with Crippen molar-refractivity contribution in [3.05, 3.63) is 69.5 Å². The third-order valence-corrected chi connectivity index (χ3v) is 10.2. The first kappa shape index (κ1) is 31.3. The second-order valence-electron chi connectivity index (χ2n) is 11.3. The van der Waals surface area contributed by atoms with Crippen molar-refractivity contribution in [3.8, 4) is 0 Å². The molecular weight excluding hydrogens is 550 g/mol. The zero-order valence-corrected chi connectivity index (χ0v) is 24.7. The zero-order chi connectivity index (χ0) is 29.8. The molecule has 2 atom stereocenters. The Balaban J connectivity index is 1.84. The summed E-state index contributed by atoms with van der Waals surface area (Å²) in [4.78, 5) is 37.1. The van der Waals surface area contributed by atoms with Crippen LogP contribution >= 0.6 is 0 Å². The maximum absolute atomic E-state index is 13.6. The van der Waals surface area contributed by atoms with Gasteiger partial charge in [-0.2, -0.15) is 0 Å². The summed E-state index contributed by atoms with van der Waals surface area (Å²) in [6.07, 6.45) is 8.00. The van der Waals surface area contributed by atoms with Crippen LogP contribution in [-0.2, 0) is 36.0 Å². The largest absolute Gasteiger partial charge is 0.481 e. The maximum Gasteiger partial charge on any atom is 0.309 e. The molecule has 0 aliphatic carbocycles. The second kappa shape index (κ2) is 12.5. The molecule has 2 unspecified atom stereocenters. The van der Waals surface area contributed by atoms with E-state index in [0.717, 1.165) is 0 Å². The van der Waals surface area contributed by atoms with E-state index in [0.29, 0.717) is 64.4 Å². The lowest BCUT2D eigenvalue weighted by atomic mass is 9.87. The highest BCUT2D eigenvalue weighted by Gasteiger charge is 2.31. The normalized spacial score (nSPS) is 19.9. The van der Waals surface area contributed by atoms with Crippen LogP contribution in [0.15, 0.2) is 58.4 Å². The molecule has 0 saturated carbocycles. The van der Waals surface area contributed by atoms with Gasteiger partial charge in [0.25, 0.3) is 0 Å². The Morgan fingerprint density at radius 3 is 1.62 bits per heavy atom. The first-order chi connectivity index (χ1) is 18.6. The third kappa shape index (κ3) is 7.28. The van der Waals surface area contributed by atoms with Gasteiger partial charge in [0, 0.05) is 15.9 Å². The number of ketones is 1. The van der Waals surface area contributed by atoms with E-state index < -0.39 is 44.4 Å². The van der Waals surface area contributed by atoms with Gasteiger partial charge in [0.2, 0.25) is 0 Å². The van der Waals surface area contributed by atoms with E-state index in [1.807, 2.05) is 0 Å². The summed E-state index contributed by atoms with van der Waals surface area (Å²) in [6.45, 7) is 6.53. The van der Waals surface area contributed by atoms with Gasteiger partial charge in [-0.25, -0.2) is 8.42 Å². The number of carboxylic acid groups (broad SMARTS) is 2. The standard InChI is InChI=1S/C30H35NO7S2/c1-29(2,27(33)34)13-7-9-21-15-19(31)16-25(39(21)37)23-11-5-6-12-24(23)26-18-20(32)17-22(40(26)38)10-8-14-30(3,4)28(35)36/h5-6,11-12,15-18,31H,7-10,13-14H2,1-4H3,(H,33,34)(H,35,36). The molecule has 0 saturated heterocycles. The zero-order valence-electron chi connectivity index (χ0n) is 23.1. The number of nitrogens with one attached hydrogen (secondary N) is 1. The first-order valence-corrected chi connectivity index (χ1v) is 15.3. The lowest BCUT2D eigenvalue weighted by molar-refractivity contribution is -0.148. The van der Waals surface area contributed by atoms with Crippen molar-refractivity contribution in [1.29, 1.82) is 5.41 Å². The molecule has 0 radical (unpaired) electrons. The number of carbonyl (C=O) groups excluding carboxylic acids is 1. The van der Waals surface area contributed by atoms with E-state index in [1.165, 1.54) is 24.3 Å². The smallest absolute Gasteiger partial charge is 0.309 e. The van der Waals surface area contributed by atoms with E-state index in [2.05, 4.69) is 0 Å². The highest BCUT2D eigenvalue weighted by molar-refractivity contribution is 7.99. The Kier molecular flexibility index (Phi) is 9.79. The predicted octanol–water partition coefficient (Wildman–Crippen LogP) is 5.81. The van der Waals surface area contributed by atoms with Gasteiger partial charge in [0.1, 0.15) is 0 Å². The fourth-order valence-corrected chi connectivity index (χ4v) is 7.30. The van der Waals surface area contributed by atoms with E-state index in [1.54, 1.807) is 52.0 Å². The third-order valence-electron chi connectivity index (χ3n) is 7.12. The molecule has 10 heteroatoms. The van der Waals surface area contributed by atoms with Crippen molar-refractivity contribution in [1.82, 2.24) is 0 Å². The van der Waals surface area contributed by atoms with Gasteiger partial charge in [-0.1, -0.05) is 24.3 Å². The SMILES string of the molecule is CC(C)(CCCC1=CC(=N)C=C(c2ccccc2C2=CC(=O)C=C(CCCC(C)(C)C(=O)O)S2=O)S1=O)C(=O)O. The molecule has 3 rings (SSSR count). The summed E-state index contributed by atoms with van der Waals surface area (Å²) < 4.78 is 27.2. The van der Waals surface area contributed by atoms with Gasteiger partial charge in [0.05, 0.1) is 48.0 Å². The number of carbonyl (C=O) groups is 3. The van der Waals surface area contributed by atoms with Gasteiger partial charge in [-0.15, -0.1) is 0 Å². The summed E-state index contributed by atoms with van der Waals surface area (Å²) in [5.41, 5.74) is -0.737. The monoisotopic (exact) mass is 585 g/mol. The van der Waals surface area contributed by atoms with Crippen molar-refractivity contribution in [2.45, 2.75) is 66.2 Å². The summed E-state index contributed by atoms with van der Waals surface area (Å²) in [5, 5.41) is 27.1. The molecule has 214 valence electrons. The molecule has 1 aromatic carbocycles. The van der Waals surface area contributed by atoms with E-state index >= 15 is 0 Å². The van der Waals surface area contributed by atoms with Crippen molar-refractivity contribution in [3.63, 3.8) is 0 Å². The number of rotatable bonds is 12. The second-order valence-corrected chi connectivity index (χ2v) is 14.3. The van der Waals surface area contributed by atoms with Gasteiger partial charge < -0.3 is 15.6 Å². The Labute approximate surface area is 239 Å². The molecule has 3 N–H and O–H groups in total. The van der Waals surface area contributed by atoms with Crippen LogP contribution in [0.25, 0.3) is 9.81 Å². The highest BCUT2D eigenvalue weighted by atomic mass is 32.2. The Hall–Kier alpha value is -3.24. The number of aliphatic carboxylic acids is 2. The van der Waals surface area contributed by atoms with Crippen LogP contribution in [0, 0.1) is 16.2 Å². The van der Waals surface area contributed by atoms with Crippen LogP contribution < -0.4 is 0 Å². The molecule has 1 aromatic rings. The Morgan fingerprint density at radius 2 is 1.18 bits per heavy atom. The van der Waals surface area contributed by atoms with Crippen LogP contribution in [0.2, 0.25) is 0 Å². The molecule has 0 aromatic heterocycles. The molecule has 2 heterocycles. The summed E-state index contributed by atoms with van der Waals surface area (Å²) in [6, 6.07) is 6.90. The van der Waals surface area contributed by atoms with Crippen LogP contribution in [0.5, 0.6) is 0 Å². The van der Waals surface area contributed by atoms with Crippen molar-refractivity contribution in [2.24, 2.45) is 10.8 Å². The van der Waals surface area contributed by atoms with Crippen molar-refractivity contribution >= 4 is 54.8 Å². The molecule has 0 fully saturated rings.